The Morgan fingerprint density at radius 3 is 2.35 bits per heavy atom. The predicted octanol–water partition coefficient (Wildman–Crippen LogP) is 4.37. The van der Waals surface area contributed by atoms with Crippen LogP contribution in [0.3, 0.4) is 0 Å². The fourth-order valence-electron chi connectivity index (χ4n) is 1.98. The van der Waals surface area contributed by atoms with Gasteiger partial charge in [-0.25, -0.2) is 4.79 Å². The maximum Gasteiger partial charge on any atom is 0.407 e. The molecule has 1 aromatic carbocycles. The molecule has 130 valence electrons. The van der Waals surface area contributed by atoms with E-state index in [0.29, 0.717) is 19.0 Å². The Balaban J connectivity index is 2.65. The fourth-order valence-corrected chi connectivity index (χ4v) is 2.18. The van der Waals surface area contributed by atoms with E-state index in [2.05, 4.69) is 31.4 Å². The van der Waals surface area contributed by atoms with Gasteiger partial charge in [-0.15, -0.1) is 0 Å². The molecule has 23 heavy (non-hydrogen) atoms. The van der Waals surface area contributed by atoms with Gasteiger partial charge in [0.1, 0.15) is 5.60 Å². The molecule has 0 aromatic heterocycles. The molecule has 1 amide bonds. The SMILES string of the molecule is CC(C)C(C)(CNC(=O)OC(C)(C)C)NCc1ccccc1Cl. The third-order valence-corrected chi connectivity index (χ3v) is 4.28. The third-order valence-electron chi connectivity index (χ3n) is 3.91. The van der Waals surface area contributed by atoms with E-state index in [0.717, 1.165) is 10.6 Å². The summed E-state index contributed by atoms with van der Waals surface area (Å²) >= 11 is 6.20. The van der Waals surface area contributed by atoms with E-state index in [1.165, 1.54) is 0 Å². The van der Waals surface area contributed by atoms with Crippen LogP contribution in [0, 0.1) is 5.92 Å². The summed E-state index contributed by atoms with van der Waals surface area (Å²) in [6.45, 7) is 13.0. The van der Waals surface area contributed by atoms with Crippen LogP contribution < -0.4 is 10.6 Å². The van der Waals surface area contributed by atoms with Crippen molar-refractivity contribution in [2.45, 2.75) is 59.2 Å². The van der Waals surface area contributed by atoms with Crippen molar-refractivity contribution in [1.29, 1.82) is 0 Å². The number of rotatable bonds is 6. The molecule has 0 saturated carbocycles. The third kappa shape index (κ3) is 6.80. The van der Waals surface area contributed by atoms with Crippen molar-refractivity contribution in [2.24, 2.45) is 5.92 Å². The smallest absolute Gasteiger partial charge is 0.407 e. The highest BCUT2D eigenvalue weighted by Crippen LogP contribution is 2.20. The molecule has 5 heteroatoms. The lowest BCUT2D eigenvalue weighted by molar-refractivity contribution is 0.0503. The van der Waals surface area contributed by atoms with Crippen LogP contribution in [0.25, 0.3) is 0 Å². The number of halogens is 1. The van der Waals surface area contributed by atoms with E-state index < -0.39 is 11.7 Å². The molecule has 0 aliphatic rings. The highest BCUT2D eigenvalue weighted by Gasteiger charge is 2.29. The van der Waals surface area contributed by atoms with Gasteiger partial charge >= 0.3 is 6.09 Å². The molecular weight excluding hydrogens is 312 g/mol. The second-order valence-electron chi connectivity index (χ2n) is 7.37. The first-order valence-corrected chi connectivity index (χ1v) is 8.36. The average Bonchev–Trinajstić information content (AvgIpc) is 2.42. The number of benzene rings is 1. The summed E-state index contributed by atoms with van der Waals surface area (Å²) in [5, 5.41) is 7.11. The quantitative estimate of drug-likeness (QED) is 0.808. The van der Waals surface area contributed by atoms with Gasteiger partial charge in [-0.1, -0.05) is 43.6 Å². The van der Waals surface area contributed by atoms with Crippen molar-refractivity contribution in [2.75, 3.05) is 6.54 Å². The Morgan fingerprint density at radius 2 is 1.83 bits per heavy atom. The van der Waals surface area contributed by atoms with Gasteiger partial charge in [-0.3, -0.25) is 0 Å². The van der Waals surface area contributed by atoms with Crippen molar-refractivity contribution in [3.63, 3.8) is 0 Å². The first kappa shape index (κ1) is 19.8. The van der Waals surface area contributed by atoms with Gasteiger partial charge in [0.05, 0.1) is 0 Å². The molecule has 0 bridgehead atoms. The molecular formula is C18H29ClN2O2. The van der Waals surface area contributed by atoms with E-state index in [9.17, 15) is 4.79 Å². The molecule has 0 spiro atoms. The number of hydrogen-bond donors (Lipinski definition) is 2. The summed E-state index contributed by atoms with van der Waals surface area (Å²) in [6, 6.07) is 7.76. The zero-order valence-corrected chi connectivity index (χ0v) is 15.8. The summed E-state index contributed by atoms with van der Waals surface area (Å²) in [7, 11) is 0. The lowest BCUT2D eigenvalue weighted by Crippen LogP contribution is -2.55. The van der Waals surface area contributed by atoms with Crippen molar-refractivity contribution < 1.29 is 9.53 Å². The zero-order chi connectivity index (χ0) is 17.7. The first-order valence-electron chi connectivity index (χ1n) is 7.99. The van der Waals surface area contributed by atoms with E-state index in [1.54, 1.807) is 0 Å². The molecule has 4 nitrogen and oxygen atoms in total. The van der Waals surface area contributed by atoms with Crippen LogP contribution in [0.2, 0.25) is 5.02 Å². The Bertz CT molecular complexity index is 526. The Kier molecular flexibility index (Phi) is 6.90. The van der Waals surface area contributed by atoms with Gasteiger partial charge in [0, 0.05) is 23.7 Å². The topological polar surface area (TPSA) is 50.4 Å². The van der Waals surface area contributed by atoms with Crippen LogP contribution in [-0.2, 0) is 11.3 Å². The molecule has 2 N–H and O–H groups in total. The standard InChI is InChI=1S/C18H29ClN2O2/c1-13(2)18(6,12-20-16(22)23-17(3,4)5)21-11-14-9-7-8-10-15(14)19/h7-10,13,21H,11-12H2,1-6H3,(H,20,22). The van der Waals surface area contributed by atoms with Crippen LogP contribution in [0.4, 0.5) is 4.79 Å². The molecule has 0 aliphatic carbocycles. The Hall–Kier alpha value is -1.26. The maximum absolute atomic E-state index is 11.9. The minimum Gasteiger partial charge on any atom is -0.444 e. The summed E-state index contributed by atoms with van der Waals surface area (Å²) in [5.74, 6) is 0.319. The second kappa shape index (κ2) is 8.02. The molecule has 0 heterocycles. The normalized spacial score (nSPS) is 14.4. The van der Waals surface area contributed by atoms with Gasteiger partial charge in [0.25, 0.3) is 0 Å². The number of carbonyl (C=O) groups is 1. The van der Waals surface area contributed by atoms with E-state index in [4.69, 9.17) is 16.3 Å². The van der Waals surface area contributed by atoms with Gasteiger partial charge in [-0.05, 0) is 45.2 Å². The molecule has 0 radical (unpaired) electrons. The molecule has 1 rings (SSSR count). The summed E-state index contributed by atoms with van der Waals surface area (Å²) < 4.78 is 5.30. The van der Waals surface area contributed by atoms with Crippen LogP contribution in [0.15, 0.2) is 24.3 Å². The maximum atomic E-state index is 11.9. The minimum absolute atomic E-state index is 0.268. The number of nitrogens with one attached hydrogen (secondary N) is 2. The van der Waals surface area contributed by atoms with Gasteiger partial charge in [0.2, 0.25) is 0 Å². The first-order chi connectivity index (χ1) is 10.5. The van der Waals surface area contributed by atoms with Gasteiger partial charge in [-0.2, -0.15) is 0 Å². The Labute approximate surface area is 144 Å². The molecule has 1 atom stereocenters. The molecule has 1 aromatic rings. The van der Waals surface area contributed by atoms with E-state index in [-0.39, 0.29) is 5.54 Å². The number of amides is 1. The van der Waals surface area contributed by atoms with Gasteiger partial charge in [0.15, 0.2) is 0 Å². The fraction of sp³-hybridized carbons (Fsp3) is 0.611. The second-order valence-corrected chi connectivity index (χ2v) is 7.78. The largest absolute Gasteiger partial charge is 0.444 e. The highest BCUT2D eigenvalue weighted by molar-refractivity contribution is 6.31. The summed E-state index contributed by atoms with van der Waals surface area (Å²) in [4.78, 5) is 11.9. The van der Waals surface area contributed by atoms with Crippen LogP contribution >= 0.6 is 11.6 Å². The zero-order valence-electron chi connectivity index (χ0n) is 15.0. The van der Waals surface area contributed by atoms with Crippen LogP contribution in [-0.4, -0.2) is 23.8 Å². The highest BCUT2D eigenvalue weighted by atomic mass is 35.5. The number of hydrogen-bond acceptors (Lipinski definition) is 3. The van der Waals surface area contributed by atoms with Crippen molar-refractivity contribution in [3.05, 3.63) is 34.9 Å². The summed E-state index contributed by atoms with van der Waals surface area (Å²) in [6.07, 6.45) is -0.399. The van der Waals surface area contributed by atoms with Crippen molar-refractivity contribution in [3.8, 4) is 0 Å². The molecule has 0 fully saturated rings. The lowest BCUT2D eigenvalue weighted by Gasteiger charge is -2.35. The monoisotopic (exact) mass is 340 g/mol. The average molecular weight is 341 g/mol. The molecule has 0 saturated heterocycles. The minimum atomic E-state index is -0.497. The molecule has 1 unspecified atom stereocenters. The van der Waals surface area contributed by atoms with E-state index in [1.807, 2.05) is 45.0 Å². The Morgan fingerprint density at radius 1 is 1.22 bits per heavy atom. The molecule has 0 aliphatic heterocycles. The predicted molar refractivity (Wildman–Crippen MR) is 95.8 cm³/mol. The van der Waals surface area contributed by atoms with E-state index >= 15 is 0 Å². The number of ether oxygens (including phenoxy) is 1. The van der Waals surface area contributed by atoms with Crippen LogP contribution in [0.1, 0.15) is 47.1 Å². The van der Waals surface area contributed by atoms with Crippen molar-refractivity contribution in [1.82, 2.24) is 10.6 Å². The lowest BCUT2D eigenvalue weighted by atomic mass is 9.88. The van der Waals surface area contributed by atoms with Crippen molar-refractivity contribution >= 4 is 17.7 Å². The van der Waals surface area contributed by atoms with Gasteiger partial charge < -0.3 is 15.4 Å². The number of carbonyl (C=O) groups excluding carboxylic acids is 1. The number of alkyl carbamates (subject to hydrolysis) is 1. The van der Waals surface area contributed by atoms with Crippen LogP contribution in [0.5, 0.6) is 0 Å². The summed E-state index contributed by atoms with van der Waals surface area (Å²) in [5.41, 5.74) is 0.276.